The summed E-state index contributed by atoms with van der Waals surface area (Å²) in [5.74, 6) is 2.50. The predicted molar refractivity (Wildman–Crippen MR) is 58.8 cm³/mol. The van der Waals surface area contributed by atoms with E-state index in [0.29, 0.717) is 0 Å². The highest BCUT2D eigenvalue weighted by atomic mass is 14.9. The van der Waals surface area contributed by atoms with E-state index >= 15 is 0 Å². The van der Waals surface area contributed by atoms with Gasteiger partial charge in [-0.1, -0.05) is 34.1 Å². The minimum atomic E-state index is 0.783. The van der Waals surface area contributed by atoms with Gasteiger partial charge in [-0.05, 0) is 37.1 Å². The Kier molecular flexibility index (Phi) is 4.24. The summed E-state index contributed by atoms with van der Waals surface area (Å²) in [6.07, 6.45) is 4.18. The van der Waals surface area contributed by atoms with Crippen LogP contribution in [0.5, 0.6) is 0 Å². The van der Waals surface area contributed by atoms with Crippen LogP contribution in [0.3, 0.4) is 0 Å². The molecule has 0 bridgehead atoms. The summed E-state index contributed by atoms with van der Waals surface area (Å²) in [5.41, 5.74) is 0. The molecule has 1 aliphatic rings. The Morgan fingerprint density at radius 1 is 1.08 bits per heavy atom. The number of piperidine rings is 1. The molecule has 78 valence electrons. The van der Waals surface area contributed by atoms with Crippen LogP contribution in [0.1, 0.15) is 47.0 Å². The molecule has 0 aliphatic carbocycles. The second kappa shape index (κ2) is 4.99. The third-order valence-electron chi connectivity index (χ3n) is 3.86. The van der Waals surface area contributed by atoms with Crippen molar-refractivity contribution in [2.24, 2.45) is 17.8 Å². The molecule has 0 aromatic rings. The highest BCUT2D eigenvalue weighted by Crippen LogP contribution is 2.26. The fourth-order valence-electron chi connectivity index (χ4n) is 2.30. The summed E-state index contributed by atoms with van der Waals surface area (Å²) in [4.78, 5) is 0. The summed E-state index contributed by atoms with van der Waals surface area (Å²) in [6, 6.07) is 0.783. The first-order chi connectivity index (χ1) is 6.13. The Hall–Kier alpha value is -0.0400. The molecule has 0 aromatic carbocycles. The number of rotatable bonds is 3. The van der Waals surface area contributed by atoms with Crippen molar-refractivity contribution in [1.82, 2.24) is 5.32 Å². The Bertz CT molecular complexity index is 136. The van der Waals surface area contributed by atoms with Crippen LogP contribution in [0.2, 0.25) is 0 Å². The molecule has 1 heterocycles. The van der Waals surface area contributed by atoms with Crippen molar-refractivity contribution in [3.8, 4) is 0 Å². The zero-order chi connectivity index (χ0) is 9.84. The van der Waals surface area contributed by atoms with Crippen LogP contribution in [0, 0.1) is 17.8 Å². The summed E-state index contributed by atoms with van der Waals surface area (Å²) in [7, 11) is 0. The van der Waals surface area contributed by atoms with Gasteiger partial charge in [-0.15, -0.1) is 0 Å². The maximum Gasteiger partial charge on any atom is 0.00953 e. The van der Waals surface area contributed by atoms with Gasteiger partial charge in [0, 0.05) is 6.04 Å². The lowest BCUT2D eigenvalue weighted by atomic mass is 9.79. The molecule has 1 rings (SSSR count). The quantitative estimate of drug-likeness (QED) is 0.709. The highest BCUT2D eigenvalue weighted by molar-refractivity contribution is 4.81. The molecule has 1 aliphatic heterocycles. The fraction of sp³-hybridized carbons (Fsp3) is 1.00. The van der Waals surface area contributed by atoms with Gasteiger partial charge in [-0.2, -0.15) is 0 Å². The Balaban J connectivity index is 2.40. The molecule has 0 aromatic heterocycles. The molecule has 3 unspecified atom stereocenters. The number of hydrogen-bond acceptors (Lipinski definition) is 1. The monoisotopic (exact) mass is 183 g/mol. The summed E-state index contributed by atoms with van der Waals surface area (Å²) >= 11 is 0. The van der Waals surface area contributed by atoms with Crippen molar-refractivity contribution in [3.05, 3.63) is 0 Å². The summed E-state index contributed by atoms with van der Waals surface area (Å²) < 4.78 is 0. The standard InChI is InChI=1S/C12H25N/c1-9(2)10(3)11(4)12-7-5-6-8-13-12/h9-13H,5-8H2,1-4H3. The van der Waals surface area contributed by atoms with E-state index in [9.17, 15) is 0 Å². The zero-order valence-electron chi connectivity index (χ0n) is 9.64. The molecule has 1 fully saturated rings. The first-order valence-corrected chi connectivity index (χ1v) is 5.86. The van der Waals surface area contributed by atoms with E-state index in [1.54, 1.807) is 0 Å². The van der Waals surface area contributed by atoms with Gasteiger partial charge in [0.05, 0.1) is 0 Å². The van der Waals surface area contributed by atoms with E-state index in [4.69, 9.17) is 0 Å². The minimum Gasteiger partial charge on any atom is -0.314 e. The molecule has 1 heteroatoms. The lowest BCUT2D eigenvalue weighted by molar-refractivity contribution is 0.205. The van der Waals surface area contributed by atoms with Gasteiger partial charge in [0.15, 0.2) is 0 Å². The van der Waals surface area contributed by atoms with Gasteiger partial charge >= 0.3 is 0 Å². The molecule has 3 atom stereocenters. The molecule has 1 nitrogen and oxygen atoms in total. The van der Waals surface area contributed by atoms with Crippen LogP contribution < -0.4 is 5.32 Å². The normalized spacial score (nSPS) is 28.8. The lowest BCUT2D eigenvalue weighted by Crippen LogP contribution is -2.42. The van der Waals surface area contributed by atoms with Gasteiger partial charge in [-0.3, -0.25) is 0 Å². The first kappa shape index (κ1) is 11.0. The van der Waals surface area contributed by atoms with Crippen molar-refractivity contribution in [2.45, 2.75) is 53.0 Å². The smallest absolute Gasteiger partial charge is 0.00953 e. The molecule has 1 N–H and O–H groups in total. The Morgan fingerprint density at radius 3 is 2.23 bits per heavy atom. The van der Waals surface area contributed by atoms with Crippen molar-refractivity contribution < 1.29 is 0 Å². The van der Waals surface area contributed by atoms with Crippen LogP contribution in [0.25, 0.3) is 0 Å². The second-order valence-electron chi connectivity index (χ2n) is 5.02. The van der Waals surface area contributed by atoms with Crippen LogP contribution in [0.4, 0.5) is 0 Å². The lowest BCUT2D eigenvalue weighted by Gasteiger charge is -2.34. The van der Waals surface area contributed by atoms with Gasteiger partial charge in [0.1, 0.15) is 0 Å². The maximum absolute atomic E-state index is 3.65. The van der Waals surface area contributed by atoms with Crippen molar-refractivity contribution in [1.29, 1.82) is 0 Å². The van der Waals surface area contributed by atoms with E-state index in [0.717, 1.165) is 23.8 Å². The maximum atomic E-state index is 3.65. The molecular weight excluding hydrogens is 158 g/mol. The third-order valence-corrected chi connectivity index (χ3v) is 3.86. The number of hydrogen-bond donors (Lipinski definition) is 1. The molecule has 1 saturated heterocycles. The van der Waals surface area contributed by atoms with Gasteiger partial charge < -0.3 is 5.32 Å². The largest absolute Gasteiger partial charge is 0.314 e. The van der Waals surface area contributed by atoms with Crippen molar-refractivity contribution in [3.63, 3.8) is 0 Å². The SMILES string of the molecule is CC(C)C(C)C(C)C1CCCCN1. The fourth-order valence-corrected chi connectivity index (χ4v) is 2.30. The third kappa shape index (κ3) is 2.98. The predicted octanol–water partition coefficient (Wildman–Crippen LogP) is 3.06. The van der Waals surface area contributed by atoms with E-state index < -0.39 is 0 Å². The molecule has 13 heavy (non-hydrogen) atoms. The summed E-state index contributed by atoms with van der Waals surface area (Å²) in [6.45, 7) is 10.7. The van der Waals surface area contributed by atoms with E-state index in [2.05, 4.69) is 33.0 Å². The Labute approximate surface area is 83.3 Å². The zero-order valence-corrected chi connectivity index (χ0v) is 9.64. The highest BCUT2D eigenvalue weighted by Gasteiger charge is 2.25. The van der Waals surface area contributed by atoms with E-state index in [1.807, 2.05) is 0 Å². The molecular formula is C12H25N. The average molecular weight is 183 g/mol. The summed E-state index contributed by atoms with van der Waals surface area (Å²) in [5, 5.41) is 3.65. The Morgan fingerprint density at radius 2 is 1.77 bits per heavy atom. The molecule has 0 amide bonds. The minimum absolute atomic E-state index is 0.783. The number of nitrogens with one attached hydrogen (secondary N) is 1. The van der Waals surface area contributed by atoms with E-state index in [-0.39, 0.29) is 0 Å². The average Bonchev–Trinajstić information content (AvgIpc) is 2.17. The van der Waals surface area contributed by atoms with Crippen LogP contribution >= 0.6 is 0 Å². The first-order valence-electron chi connectivity index (χ1n) is 5.86. The molecule has 0 spiro atoms. The van der Waals surface area contributed by atoms with Gasteiger partial charge in [0.25, 0.3) is 0 Å². The van der Waals surface area contributed by atoms with E-state index in [1.165, 1.54) is 25.8 Å². The molecule has 0 radical (unpaired) electrons. The van der Waals surface area contributed by atoms with Crippen molar-refractivity contribution in [2.75, 3.05) is 6.54 Å². The topological polar surface area (TPSA) is 12.0 Å². The van der Waals surface area contributed by atoms with Gasteiger partial charge in [0.2, 0.25) is 0 Å². The van der Waals surface area contributed by atoms with Crippen molar-refractivity contribution >= 4 is 0 Å². The van der Waals surface area contributed by atoms with Crippen LogP contribution in [0.15, 0.2) is 0 Å². The van der Waals surface area contributed by atoms with Gasteiger partial charge in [-0.25, -0.2) is 0 Å². The molecule has 0 saturated carbocycles. The second-order valence-corrected chi connectivity index (χ2v) is 5.02. The van der Waals surface area contributed by atoms with Crippen LogP contribution in [-0.2, 0) is 0 Å². The van der Waals surface area contributed by atoms with Crippen LogP contribution in [-0.4, -0.2) is 12.6 Å².